The van der Waals surface area contributed by atoms with Crippen molar-refractivity contribution in [1.82, 2.24) is 28.7 Å². The zero-order valence-corrected chi connectivity index (χ0v) is 13.9. The molecule has 0 aliphatic heterocycles. The van der Waals surface area contributed by atoms with E-state index < -0.39 is 0 Å². The summed E-state index contributed by atoms with van der Waals surface area (Å²) < 4.78 is 5.00. The van der Waals surface area contributed by atoms with Crippen molar-refractivity contribution in [3.63, 3.8) is 0 Å². The van der Waals surface area contributed by atoms with Gasteiger partial charge in [0.2, 0.25) is 0 Å². The summed E-state index contributed by atoms with van der Waals surface area (Å²) in [5.74, 6) is 0.512. The van der Waals surface area contributed by atoms with Crippen LogP contribution in [0.15, 0.2) is 71.8 Å². The standard InChI is InChI=1S/C19H14N6O/c1-23-12-20-17-15(23)18-22-21-16(13-8-4-2-5-9-13)25(18)19(26)24(17)14-10-6-3-7-11-14/h2-12H,1H3. The molecule has 5 aromatic rings. The molecule has 0 radical (unpaired) electrons. The van der Waals surface area contributed by atoms with Gasteiger partial charge in [-0.25, -0.2) is 18.7 Å². The van der Waals surface area contributed by atoms with Gasteiger partial charge in [0, 0.05) is 12.6 Å². The van der Waals surface area contributed by atoms with E-state index in [4.69, 9.17) is 0 Å². The zero-order chi connectivity index (χ0) is 17.7. The van der Waals surface area contributed by atoms with Gasteiger partial charge in [-0.2, -0.15) is 0 Å². The van der Waals surface area contributed by atoms with Gasteiger partial charge in [0.25, 0.3) is 0 Å². The number of fused-ring (bicyclic) bond motifs is 3. The Kier molecular flexibility index (Phi) is 3.02. The molecule has 0 amide bonds. The highest BCUT2D eigenvalue weighted by Gasteiger charge is 2.20. The van der Waals surface area contributed by atoms with E-state index in [2.05, 4.69) is 15.2 Å². The highest BCUT2D eigenvalue weighted by Crippen LogP contribution is 2.22. The second kappa shape index (κ2) is 5.38. The second-order valence-corrected chi connectivity index (χ2v) is 6.03. The van der Waals surface area contributed by atoms with Crippen LogP contribution in [0.4, 0.5) is 0 Å². The smallest absolute Gasteiger partial charge is 0.329 e. The maximum absolute atomic E-state index is 13.4. The van der Waals surface area contributed by atoms with Gasteiger partial charge >= 0.3 is 5.69 Å². The summed E-state index contributed by atoms with van der Waals surface area (Å²) in [6.45, 7) is 0. The minimum atomic E-state index is -0.249. The average Bonchev–Trinajstić information content (AvgIpc) is 3.28. The monoisotopic (exact) mass is 342 g/mol. The van der Waals surface area contributed by atoms with Crippen molar-refractivity contribution in [2.24, 2.45) is 7.05 Å². The largest absolute Gasteiger partial charge is 0.342 e. The molecule has 0 N–H and O–H groups in total. The van der Waals surface area contributed by atoms with Crippen molar-refractivity contribution in [3.05, 3.63) is 77.5 Å². The minimum Gasteiger partial charge on any atom is -0.329 e. The Morgan fingerprint density at radius 2 is 1.54 bits per heavy atom. The summed E-state index contributed by atoms with van der Waals surface area (Å²) in [7, 11) is 1.88. The molecule has 5 rings (SSSR count). The Morgan fingerprint density at radius 1 is 0.846 bits per heavy atom. The van der Waals surface area contributed by atoms with Crippen LogP contribution in [-0.2, 0) is 7.05 Å². The fourth-order valence-electron chi connectivity index (χ4n) is 3.23. The molecule has 0 spiro atoms. The van der Waals surface area contributed by atoms with E-state index >= 15 is 0 Å². The van der Waals surface area contributed by atoms with E-state index in [1.54, 1.807) is 15.3 Å². The Balaban J connectivity index is 1.99. The fraction of sp³-hybridized carbons (Fsp3) is 0.0526. The minimum absolute atomic E-state index is 0.249. The summed E-state index contributed by atoms with van der Waals surface area (Å²) in [6.07, 6.45) is 1.68. The van der Waals surface area contributed by atoms with Gasteiger partial charge in [-0.05, 0) is 12.1 Å². The third-order valence-corrected chi connectivity index (χ3v) is 4.43. The number of aromatic nitrogens is 6. The first-order valence-corrected chi connectivity index (χ1v) is 8.18. The first-order chi connectivity index (χ1) is 12.8. The van der Waals surface area contributed by atoms with Gasteiger partial charge in [-0.1, -0.05) is 48.5 Å². The summed E-state index contributed by atoms with van der Waals surface area (Å²) in [5, 5.41) is 8.58. The van der Waals surface area contributed by atoms with Crippen LogP contribution in [0.1, 0.15) is 0 Å². The molecular weight excluding hydrogens is 328 g/mol. The van der Waals surface area contributed by atoms with Crippen molar-refractivity contribution < 1.29 is 0 Å². The molecule has 7 nitrogen and oxygen atoms in total. The van der Waals surface area contributed by atoms with Crippen LogP contribution in [0.3, 0.4) is 0 Å². The highest BCUT2D eigenvalue weighted by molar-refractivity contribution is 5.87. The van der Waals surface area contributed by atoms with Crippen molar-refractivity contribution in [1.29, 1.82) is 0 Å². The number of rotatable bonds is 2. The molecule has 0 aliphatic carbocycles. The lowest BCUT2D eigenvalue weighted by molar-refractivity contribution is 0.902. The van der Waals surface area contributed by atoms with Crippen LogP contribution in [0.25, 0.3) is 33.9 Å². The van der Waals surface area contributed by atoms with Crippen LogP contribution < -0.4 is 5.69 Å². The van der Waals surface area contributed by atoms with Gasteiger partial charge in [0.15, 0.2) is 17.1 Å². The topological polar surface area (TPSA) is 70.0 Å². The van der Waals surface area contributed by atoms with Gasteiger partial charge in [-0.15, -0.1) is 10.2 Å². The third-order valence-electron chi connectivity index (χ3n) is 4.43. The molecule has 3 heterocycles. The van der Waals surface area contributed by atoms with E-state index in [-0.39, 0.29) is 5.69 Å². The van der Waals surface area contributed by atoms with Gasteiger partial charge in [0.1, 0.15) is 5.52 Å². The van der Waals surface area contributed by atoms with Crippen molar-refractivity contribution in [2.75, 3.05) is 0 Å². The molecule has 26 heavy (non-hydrogen) atoms. The summed E-state index contributed by atoms with van der Waals surface area (Å²) in [5.41, 5.74) is 3.14. The van der Waals surface area contributed by atoms with Crippen molar-refractivity contribution in [2.45, 2.75) is 0 Å². The summed E-state index contributed by atoms with van der Waals surface area (Å²) >= 11 is 0. The summed E-state index contributed by atoms with van der Waals surface area (Å²) in [4.78, 5) is 17.8. The highest BCUT2D eigenvalue weighted by atomic mass is 16.1. The first-order valence-electron chi connectivity index (χ1n) is 8.18. The van der Waals surface area contributed by atoms with Crippen molar-refractivity contribution >= 4 is 16.8 Å². The van der Waals surface area contributed by atoms with E-state index in [1.165, 1.54) is 0 Å². The molecule has 7 heteroatoms. The second-order valence-electron chi connectivity index (χ2n) is 6.03. The van der Waals surface area contributed by atoms with E-state index in [9.17, 15) is 4.79 Å². The fourth-order valence-corrected chi connectivity index (χ4v) is 3.23. The summed E-state index contributed by atoms with van der Waals surface area (Å²) in [6, 6.07) is 19.0. The molecule has 0 saturated carbocycles. The molecule has 3 aromatic heterocycles. The zero-order valence-electron chi connectivity index (χ0n) is 13.9. The Hall–Kier alpha value is -3.74. The lowest BCUT2D eigenvalue weighted by atomic mass is 10.2. The Morgan fingerprint density at radius 3 is 2.27 bits per heavy atom. The number of para-hydroxylation sites is 1. The lowest BCUT2D eigenvalue weighted by Gasteiger charge is -2.09. The molecule has 0 atom stereocenters. The van der Waals surface area contributed by atoms with E-state index in [1.807, 2.05) is 72.3 Å². The maximum Gasteiger partial charge on any atom is 0.342 e. The lowest BCUT2D eigenvalue weighted by Crippen LogP contribution is -2.26. The van der Waals surface area contributed by atoms with Crippen LogP contribution in [0.5, 0.6) is 0 Å². The molecule has 0 unspecified atom stereocenters. The maximum atomic E-state index is 13.4. The normalized spacial score (nSPS) is 11.4. The average molecular weight is 342 g/mol. The Bertz CT molecular complexity index is 1300. The predicted molar refractivity (Wildman–Crippen MR) is 98.3 cm³/mol. The van der Waals surface area contributed by atoms with Crippen LogP contribution >= 0.6 is 0 Å². The quantitative estimate of drug-likeness (QED) is 0.494. The van der Waals surface area contributed by atoms with Gasteiger partial charge < -0.3 is 4.57 Å². The van der Waals surface area contributed by atoms with E-state index in [0.29, 0.717) is 17.1 Å². The Labute approximate surface area is 147 Å². The number of hydrogen-bond acceptors (Lipinski definition) is 4. The molecule has 0 aliphatic rings. The number of imidazole rings is 1. The van der Waals surface area contributed by atoms with Gasteiger partial charge in [-0.3, -0.25) is 0 Å². The molecule has 0 bridgehead atoms. The van der Waals surface area contributed by atoms with Crippen LogP contribution in [0.2, 0.25) is 0 Å². The third kappa shape index (κ3) is 1.94. The SMILES string of the molecule is Cn1cnc2c1c1nnc(-c3ccccc3)n1c(=O)n2-c1ccccc1. The van der Waals surface area contributed by atoms with Crippen LogP contribution in [-0.4, -0.2) is 28.7 Å². The van der Waals surface area contributed by atoms with E-state index in [0.717, 1.165) is 16.8 Å². The number of hydrogen-bond donors (Lipinski definition) is 0. The molecule has 0 saturated heterocycles. The number of aryl methyl sites for hydroxylation is 1. The predicted octanol–water partition coefficient (Wildman–Crippen LogP) is 2.43. The molecule has 2 aromatic carbocycles. The van der Waals surface area contributed by atoms with Gasteiger partial charge in [0.05, 0.1) is 12.0 Å². The molecule has 0 fully saturated rings. The number of benzene rings is 2. The van der Waals surface area contributed by atoms with Crippen LogP contribution in [0, 0.1) is 0 Å². The first kappa shape index (κ1) is 14.6. The molecular formula is C19H14N6O. The molecule has 126 valence electrons. The van der Waals surface area contributed by atoms with Crippen molar-refractivity contribution in [3.8, 4) is 17.1 Å². The number of nitrogens with zero attached hydrogens (tertiary/aromatic N) is 6.